The summed E-state index contributed by atoms with van der Waals surface area (Å²) in [6.45, 7) is 0. The summed E-state index contributed by atoms with van der Waals surface area (Å²) in [4.78, 5) is 17.5. The molecule has 0 aliphatic rings. The van der Waals surface area contributed by atoms with E-state index in [1.54, 1.807) is 0 Å². The van der Waals surface area contributed by atoms with Gasteiger partial charge in [0.2, 0.25) is 0 Å². The number of aromatic nitrogens is 1. The van der Waals surface area contributed by atoms with E-state index < -0.39 is 0 Å². The van der Waals surface area contributed by atoms with Crippen molar-refractivity contribution in [2.75, 3.05) is 0 Å². The van der Waals surface area contributed by atoms with Crippen LogP contribution in [0.2, 0.25) is 0 Å². The number of nitrogens with zero attached hydrogens (tertiary/aromatic N) is 4. The maximum atomic E-state index is 10.7. The average Bonchev–Trinajstić information content (AvgIpc) is 2.74. The molecule has 1 aromatic carbocycles. The summed E-state index contributed by atoms with van der Waals surface area (Å²) < 4.78 is 0. The molecule has 0 fully saturated rings. The minimum atomic E-state index is 0.182. The number of hydrogen-bond donors (Lipinski definition) is 0. The van der Waals surface area contributed by atoms with Crippen molar-refractivity contribution in [3.05, 3.63) is 46.5 Å². The zero-order chi connectivity index (χ0) is 11.4. The normalized spacial score (nSPS) is 9.50. The van der Waals surface area contributed by atoms with E-state index in [-0.39, 0.29) is 5.69 Å². The molecule has 6 heteroatoms. The molecule has 1 aromatic heterocycles. The SMILES string of the molecule is [N-]=[N+]=Nc1sc(-c2ccccc2)nc1C=O. The fourth-order valence-electron chi connectivity index (χ4n) is 1.22. The van der Waals surface area contributed by atoms with E-state index in [9.17, 15) is 4.79 Å². The number of aldehydes is 1. The maximum absolute atomic E-state index is 10.7. The molecule has 0 unspecified atom stereocenters. The third kappa shape index (κ3) is 1.93. The Kier molecular flexibility index (Phi) is 2.95. The third-order valence-corrected chi connectivity index (χ3v) is 2.91. The van der Waals surface area contributed by atoms with E-state index in [4.69, 9.17) is 5.53 Å². The molecule has 0 saturated heterocycles. The largest absolute Gasteiger partial charge is 0.296 e. The van der Waals surface area contributed by atoms with Gasteiger partial charge in [0.15, 0.2) is 6.29 Å². The Balaban J connectivity index is 2.52. The van der Waals surface area contributed by atoms with Crippen molar-refractivity contribution in [1.29, 1.82) is 0 Å². The van der Waals surface area contributed by atoms with Gasteiger partial charge in [-0.3, -0.25) is 4.79 Å². The molecule has 2 rings (SSSR count). The van der Waals surface area contributed by atoms with Gasteiger partial charge < -0.3 is 0 Å². The number of thiazole rings is 1. The van der Waals surface area contributed by atoms with Crippen molar-refractivity contribution in [2.24, 2.45) is 5.11 Å². The fourth-order valence-corrected chi connectivity index (χ4v) is 2.07. The van der Waals surface area contributed by atoms with Gasteiger partial charge in [0.25, 0.3) is 0 Å². The van der Waals surface area contributed by atoms with E-state index in [0.717, 1.165) is 5.56 Å². The second kappa shape index (κ2) is 4.57. The van der Waals surface area contributed by atoms with E-state index in [1.165, 1.54) is 11.3 Å². The van der Waals surface area contributed by atoms with Gasteiger partial charge in [0.05, 0.1) is 0 Å². The average molecular weight is 230 g/mol. The lowest BCUT2D eigenvalue weighted by atomic mass is 10.2. The zero-order valence-corrected chi connectivity index (χ0v) is 8.89. The Hall–Kier alpha value is -2.17. The second-order valence-electron chi connectivity index (χ2n) is 2.88. The van der Waals surface area contributed by atoms with Gasteiger partial charge in [-0.2, -0.15) is 0 Å². The van der Waals surface area contributed by atoms with Crippen LogP contribution in [0.25, 0.3) is 21.0 Å². The Morgan fingerprint density at radius 2 is 2.12 bits per heavy atom. The predicted molar refractivity (Wildman–Crippen MR) is 61.7 cm³/mol. The van der Waals surface area contributed by atoms with E-state index in [2.05, 4.69) is 15.0 Å². The molecular weight excluding hydrogens is 224 g/mol. The summed E-state index contributed by atoms with van der Waals surface area (Å²) in [5.41, 5.74) is 9.42. The van der Waals surface area contributed by atoms with Crippen LogP contribution in [0.5, 0.6) is 0 Å². The molecule has 0 spiro atoms. The van der Waals surface area contributed by atoms with Crippen LogP contribution in [0, 0.1) is 0 Å². The summed E-state index contributed by atoms with van der Waals surface area (Å²) in [6.07, 6.45) is 0.590. The van der Waals surface area contributed by atoms with Gasteiger partial charge >= 0.3 is 0 Å². The van der Waals surface area contributed by atoms with Gasteiger partial charge in [-0.05, 0) is 10.6 Å². The van der Waals surface area contributed by atoms with Crippen molar-refractivity contribution in [3.8, 4) is 10.6 Å². The van der Waals surface area contributed by atoms with Gasteiger partial charge in [-0.25, -0.2) is 4.98 Å². The molecule has 0 atom stereocenters. The topological polar surface area (TPSA) is 78.7 Å². The number of hydrogen-bond acceptors (Lipinski definition) is 4. The number of carbonyl (C=O) groups is 1. The van der Waals surface area contributed by atoms with Crippen molar-refractivity contribution in [3.63, 3.8) is 0 Å². The van der Waals surface area contributed by atoms with Crippen LogP contribution < -0.4 is 0 Å². The third-order valence-electron chi connectivity index (χ3n) is 1.90. The molecule has 5 nitrogen and oxygen atoms in total. The minimum Gasteiger partial charge on any atom is -0.296 e. The number of carbonyl (C=O) groups excluding carboxylic acids is 1. The van der Waals surface area contributed by atoms with Crippen LogP contribution in [0.3, 0.4) is 0 Å². The first kappa shape index (κ1) is 10.4. The van der Waals surface area contributed by atoms with E-state index >= 15 is 0 Å². The standard InChI is InChI=1S/C10H6N4OS/c11-14-13-10-8(6-15)12-9(16-10)7-4-2-1-3-5-7/h1-6H. The van der Waals surface area contributed by atoms with Crippen LogP contribution in [-0.2, 0) is 0 Å². The molecule has 0 aliphatic carbocycles. The Bertz CT molecular complexity index is 557. The van der Waals surface area contributed by atoms with Gasteiger partial charge in [-0.1, -0.05) is 30.3 Å². The summed E-state index contributed by atoms with van der Waals surface area (Å²) in [6, 6.07) is 9.42. The van der Waals surface area contributed by atoms with Crippen LogP contribution in [0.4, 0.5) is 5.00 Å². The zero-order valence-electron chi connectivity index (χ0n) is 8.07. The molecule has 0 bridgehead atoms. The summed E-state index contributed by atoms with van der Waals surface area (Å²) in [7, 11) is 0. The van der Waals surface area contributed by atoms with Crippen LogP contribution in [-0.4, -0.2) is 11.3 Å². The van der Waals surface area contributed by atoms with Crippen LogP contribution >= 0.6 is 11.3 Å². The first-order valence-corrected chi connectivity index (χ1v) is 5.23. The predicted octanol–water partition coefficient (Wildman–Crippen LogP) is 3.56. The van der Waals surface area contributed by atoms with Gasteiger partial charge in [0.1, 0.15) is 15.7 Å². The Morgan fingerprint density at radius 1 is 1.38 bits per heavy atom. The quantitative estimate of drug-likeness (QED) is 0.349. The molecule has 2 aromatic rings. The molecule has 0 radical (unpaired) electrons. The molecule has 0 aliphatic heterocycles. The van der Waals surface area contributed by atoms with Crippen molar-refractivity contribution < 1.29 is 4.79 Å². The summed E-state index contributed by atoms with van der Waals surface area (Å²) in [5, 5.41) is 4.40. The number of azide groups is 1. The monoisotopic (exact) mass is 230 g/mol. The molecule has 16 heavy (non-hydrogen) atoms. The number of benzene rings is 1. The maximum Gasteiger partial charge on any atom is 0.169 e. The highest BCUT2D eigenvalue weighted by molar-refractivity contribution is 7.19. The molecule has 1 heterocycles. The van der Waals surface area contributed by atoms with E-state index in [0.29, 0.717) is 16.3 Å². The van der Waals surface area contributed by atoms with E-state index in [1.807, 2.05) is 30.3 Å². The Labute approximate surface area is 95.0 Å². The highest BCUT2D eigenvalue weighted by Crippen LogP contribution is 2.33. The van der Waals surface area contributed by atoms with Gasteiger partial charge in [-0.15, -0.1) is 11.3 Å². The van der Waals surface area contributed by atoms with Crippen molar-refractivity contribution >= 4 is 22.6 Å². The van der Waals surface area contributed by atoms with Crippen LogP contribution in [0.15, 0.2) is 35.4 Å². The second-order valence-corrected chi connectivity index (χ2v) is 3.86. The fraction of sp³-hybridized carbons (Fsp3) is 0. The lowest BCUT2D eigenvalue weighted by molar-refractivity contribution is 0.112. The molecule has 0 amide bonds. The van der Waals surface area contributed by atoms with Gasteiger partial charge in [0, 0.05) is 10.5 Å². The highest BCUT2D eigenvalue weighted by atomic mass is 32.1. The smallest absolute Gasteiger partial charge is 0.169 e. The number of rotatable bonds is 3. The van der Waals surface area contributed by atoms with Crippen molar-refractivity contribution in [1.82, 2.24) is 4.98 Å². The lowest BCUT2D eigenvalue weighted by Crippen LogP contribution is -1.80. The molecular formula is C10H6N4OS. The highest BCUT2D eigenvalue weighted by Gasteiger charge is 2.10. The van der Waals surface area contributed by atoms with Crippen LogP contribution in [0.1, 0.15) is 10.5 Å². The first-order chi connectivity index (χ1) is 7.85. The summed E-state index contributed by atoms with van der Waals surface area (Å²) in [5.74, 6) is 0. The first-order valence-electron chi connectivity index (χ1n) is 4.41. The minimum absolute atomic E-state index is 0.182. The summed E-state index contributed by atoms with van der Waals surface area (Å²) >= 11 is 1.20. The molecule has 0 N–H and O–H groups in total. The lowest BCUT2D eigenvalue weighted by Gasteiger charge is -1.92. The van der Waals surface area contributed by atoms with Crippen molar-refractivity contribution in [2.45, 2.75) is 0 Å². The molecule has 78 valence electrons. The molecule has 0 saturated carbocycles. The Morgan fingerprint density at radius 3 is 2.75 bits per heavy atom.